The number of carbonyl (C=O) groups excluding carboxylic acids is 1. The lowest BCUT2D eigenvalue weighted by atomic mass is 10.1. The summed E-state index contributed by atoms with van der Waals surface area (Å²) in [5, 5.41) is 0. The van der Waals surface area contributed by atoms with Gasteiger partial charge in [-0.2, -0.15) is 0 Å². The van der Waals surface area contributed by atoms with E-state index in [1.54, 1.807) is 18.2 Å². The molecule has 1 aliphatic rings. The number of benzene rings is 1. The number of carbonyl (C=O) groups is 1. The lowest BCUT2D eigenvalue weighted by Gasteiger charge is -2.19. The van der Waals surface area contributed by atoms with Gasteiger partial charge in [0.05, 0.1) is 6.54 Å². The quantitative estimate of drug-likeness (QED) is 0.825. The van der Waals surface area contributed by atoms with Gasteiger partial charge in [-0.25, -0.2) is 4.39 Å². The Hall–Kier alpha value is -1.26. The van der Waals surface area contributed by atoms with Crippen molar-refractivity contribution in [3.63, 3.8) is 0 Å². The van der Waals surface area contributed by atoms with Gasteiger partial charge in [0.15, 0.2) is 5.78 Å². The Morgan fingerprint density at radius 1 is 1.21 bits per heavy atom. The molecule has 0 aromatic heterocycles. The predicted octanol–water partition coefficient (Wildman–Crippen LogP) is 1.57. The minimum Gasteiger partial charge on any atom is -0.305 e. The van der Waals surface area contributed by atoms with Crippen molar-refractivity contribution in [3.8, 4) is 0 Å². The fraction of sp³-hybridized carbons (Fsp3) is 0.533. The molecule has 19 heavy (non-hydrogen) atoms. The van der Waals surface area contributed by atoms with Crippen molar-refractivity contribution in [1.82, 2.24) is 9.80 Å². The Morgan fingerprint density at radius 2 is 2.00 bits per heavy atom. The van der Waals surface area contributed by atoms with Crippen LogP contribution >= 0.6 is 0 Å². The molecule has 0 N–H and O–H groups in total. The van der Waals surface area contributed by atoms with Crippen LogP contribution in [0.3, 0.4) is 0 Å². The molecule has 1 heterocycles. The van der Waals surface area contributed by atoms with Crippen LogP contribution in [-0.2, 0) is 11.2 Å². The molecule has 0 radical (unpaired) electrons. The summed E-state index contributed by atoms with van der Waals surface area (Å²) < 4.78 is 13.5. The van der Waals surface area contributed by atoms with Crippen LogP contribution in [-0.4, -0.2) is 55.4 Å². The molecule has 0 amide bonds. The van der Waals surface area contributed by atoms with E-state index in [-0.39, 0.29) is 18.0 Å². The molecule has 1 fully saturated rings. The summed E-state index contributed by atoms with van der Waals surface area (Å²) in [7, 11) is 2.10. The van der Waals surface area contributed by atoms with Crippen LogP contribution in [0.25, 0.3) is 0 Å². The lowest BCUT2D eigenvalue weighted by Crippen LogP contribution is -2.34. The summed E-state index contributed by atoms with van der Waals surface area (Å²) in [6, 6.07) is 6.51. The van der Waals surface area contributed by atoms with Gasteiger partial charge in [-0.3, -0.25) is 9.69 Å². The van der Waals surface area contributed by atoms with Crippen molar-refractivity contribution >= 4 is 5.78 Å². The van der Waals surface area contributed by atoms with Gasteiger partial charge in [0.1, 0.15) is 5.82 Å². The lowest BCUT2D eigenvalue weighted by molar-refractivity contribution is -0.119. The van der Waals surface area contributed by atoms with Crippen LogP contribution in [0.2, 0.25) is 0 Å². The number of halogens is 1. The van der Waals surface area contributed by atoms with Crippen LogP contribution in [0.1, 0.15) is 12.0 Å². The normalized spacial score (nSPS) is 18.2. The van der Waals surface area contributed by atoms with Gasteiger partial charge in [-0.1, -0.05) is 18.2 Å². The summed E-state index contributed by atoms with van der Waals surface area (Å²) in [5.74, 6) is -0.193. The van der Waals surface area contributed by atoms with E-state index >= 15 is 0 Å². The molecule has 0 saturated carbocycles. The molecule has 3 nitrogen and oxygen atoms in total. The smallest absolute Gasteiger partial charge is 0.151 e. The van der Waals surface area contributed by atoms with Crippen molar-refractivity contribution in [2.24, 2.45) is 0 Å². The molecule has 0 bridgehead atoms. The summed E-state index contributed by atoms with van der Waals surface area (Å²) in [5.41, 5.74) is 0.499. The molecule has 0 atom stereocenters. The maximum atomic E-state index is 13.5. The second-order valence-corrected chi connectivity index (χ2v) is 5.24. The first-order valence-electron chi connectivity index (χ1n) is 6.81. The highest BCUT2D eigenvalue weighted by Gasteiger charge is 2.16. The molecule has 0 unspecified atom stereocenters. The number of hydrogen-bond donors (Lipinski definition) is 0. The van der Waals surface area contributed by atoms with E-state index in [1.807, 2.05) is 0 Å². The van der Waals surface area contributed by atoms with Crippen LogP contribution < -0.4 is 0 Å². The van der Waals surface area contributed by atoms with E-state index in [9.17, 15) is 9.18 Å². The van der Waals surface area contributed by atoms with E-state index in [2.05, 4.69) is 16.8 Å². The maximum Gasteiger partial charge on any atom is 0.151 e. The van der Waals surface area contributed by atoms with E-state index < -0.39 is 0 Å². The Bertz CT molecular complexity index is 436. The number of likely N-dealkylation sites (N-methyl/N-ethyl adjacent to an activating group) is 1. The molecule has 1 aromatic rings. The Balaban J connectivity index is 1.86. The van der Waals surface area contributed by atoms with E-state index in [4.69, 9.17) is 0 Å². The molecular formula is C15H21FN2O. The van der Waals surface area contributed by atoms with Crippen LogP contribution in [0, 0.1) is 5.82 Å². The van der Waals surface area contributed by atoms with Crippen molar-refractivity contribution in [2.75, 3.05) is 39.8 Å². The van der Waals surface area contributed by atoms with E-state index in [0.29, 0.717) is 12.1 Å². The summed E-state index contributed by atoms with van der Waals surface area (Å²) >= 11 is 0. The fourth-order valence-electron chi connectivity index (χ4n) is 2.42. The fourth-order valence-corrected chi connectivity index (χ4v) is 2.42. The van der Waals surface area contributed by atoms with Crippen molar-refractivity contribution < 1.29 is 9.18 Å². The third kappa shape index (κ3) is 4.40. The van der Waals surface area contributed by atoms with Crippen LogP contribution in [0.15, 0.2) is 24.3 Å². The molecule has 1 aliphatic heterocycles. The second kappa shape index (κ2) is 6.78. The second-order valence-electron chi connectivity index (χ2n) is 5.24. The first-order valence-corrected chi connectivity index (χ1v) is 6.81. The van der Waals surface area contributed by atoms with Crippen molar-refractivity contribution in [1.29, 1.82) is 0 Å². The van der Waals surface area contributed by atoms with Crippen LogP contribution in [0.5, 0.6) is 0 Å². The van der Waals surface area contributed by atoms with E-state index in [0.717, 1.165) is 32.6 Å². The third-order valence-corrected chi connectivity index (χ3v) is 3.56. The number of hydrogen-bond acceptors (Lipinski definition) is 3. The average Bonchev–Trinajstić information content (AvgIpc) is 2.57. The molecular weight excluding hydrogens is 243 g/mol. The number of ketones is 1. The predicted molar refractivity (Wildman–Crippen MR) is 73.7 cm³/mol. The van der Waals surface area contributed by atoms with Crippen molar-refractivity contribution in [3.05, 3.63) is 35.6 Å². The molecule has 104 valence electrons. The summed E-state index contributed by atoms with van der Waals surface area (Å²) in [6.07, 6.45) is 1.28. The molecule has 0 aliphatic carbocycles. The van der Waals surface area contributed by atoms with E-state index in [1.165, 1.54) is 6.07 Å². The Labute approximate surface area is 114 Å². The summed E-state index contributed by atoms with van der Waals surface area (Å²) in [6.45, 7) is 4.38. The first-order chi connectivity index (χ1) is 9.15. The number of Topliss-reactive ketones (excluding diaryl/α,β-unsaturated/α-hetero) is 1. The van der Waals surface area contributed by atoms with Gasteiger partial charge in [0.2, 0.25) is 0 Å². The van der Waals surface area contributed by atoms with Gasteiger partial charge in [0.25, 0.3) is 0 Å². The van der Waals surface area contributed by atoms with Gasteiger partial charge in [-0.05, 0) is 38.2 Å². The minimum absolute atomic E-state index is 0.0923. The van der Waals surface area contributed by atoms with Gasteiger partial charge >= 0.3 is 0 Å². The largest absolute Gasteiger partial charge is 0.305 e. The highest BCUT2D eigenvalue weighted by molar-refractivity contribution is 5.82. The highest BCUT2D eigenvalue weighted by atomic mass is 19.1. The first kappa shape index (κ1) is 14.2. The zero-order valence-corrected chi connectivity index (χ0v) is 11.4. The average molecular weight is 264 g/mol. The standard InChI is InChI=1S/C15H21FN2O/c1-17-7-4-8-18(10-9-17)12-14(19)11-13-5-2-3-6-15(13)16/h2-3,5-6H,4,7-12H2,1H3. The third-order valence-electron chi connectivity index (χ3n) is 3.56. The van der Waals surface area contributed by atoms with Gasteiger partial charge < -0.3 is 4.90 Å². The monoisotopic (exact) mass is 264 g/mol. The number of nitrogens with zero attached hydrogens (tertiary/aromatic N) is 2. The highest BCUT2D eigenvalue weighted by Crippen LogP contribution is 2.08. The Morgan fingerprint density at radius 3 is 2.79 bits per heavy atom. The van der Waals surface area contributed by atoms with Gasteiger partial charge in [0, 0.05) is 19.5 Å². The molecule has 2 rings (SSSR count). The number of rotatable bonds is 4. The SMILES string of the molecule is CN1CCCN(CC(=O)Cc2ccccc2F)CC1. The van der Waals surface area contributed by atoms with Crippen molar-refractivity contribution in [2.45, 2.75) is 12.8 Å². The summed E-state index contributed by atoms with van der Waals surface area (Å²) in [4.78, 5) is 16.5. The molecule has 1 saturated heterocycles. The topological polar surface area (TPSA) is 23.6 Å². The van der Waals surface area contributed by atoms with Crippen LogP contribution in [0.4, 0.5) is 4.39 Å². The Kier molecular flexibility index (Phi) is 5.05. The molecule has 1 aromatic carbocycles. The minimum atomic E-state index is -0.286. The maximum absolute atomic E-state index is 13.5. The molecule has 4 heteroatoms. The van der Waals surface area contributed by atoms with Gasteiger partial charge in [-0.15, -0.1) is 0 Å². The molecule has 0 spiro atoms. The zero-order valence-electron chi connectivity index (χ0n) is 11.4. The zero-order chi connectivity index (χ0) is 13.7.